The van der Waals surface area contributed by atoms with Crippen molar-refractivity contribution in [2.45, 2.75) is 46.1 Å². The van der Waals surface area contributed by atoms with Gasteiger partial charge >= 0.3 is 0 Å². The minimum Gasteiger partial charge on any atom is -0.340 e. The molecule has 1 heterocycles. The monoisotopic (exact) mass is 407 g/mol. The maximum Gasteiger partial charge on any atom is 0.241 e. The molecular weight excluding hydrogens is 374 g/mol. The normalized spacial score (nSPS) is 15.6. The standard InChI is InChI=1S/C25H33N3O2/c1-19-12-13-20(2)23(18-19)26-25(30)21(3)27-14-16-28(17-15-27)24(29)11-7-10-22-8-5-4-6-9-22/h4-6,8-9,12-13,18,21H,7,10-11,14-17H2,1-3H3,(H,26,30). The van der Waals surface area contributed by atoms with Gasteiger partial charge in [0.2, 0.25) is 11.8 Å². The highest BCUT2D eigenvalue weighted by atomic mass is 16.2. The van der Waals surface area contributed by atoms with Gasteiger partial charge in [-0.1, -0.05) is 42.5 Å². The van der Waals surface area contributed by atoms with E-state index in [2.05, 4.69) is 22.3 Å². The first-order chi connectivity index (χ1) is 14.4. The van der Waals surface area contributed by atoms with Gasteiger partial charge in [-0.15, -0.1) is 0 Å². The molecule has 0 saturated carbocycles. The summed E-state index contributed by atoms with van der Waals surface area (Å²) in [6.07, 6.45) is 2.39. The van der Waals surface area contributed by atoms with Crippen LogP contribution in [-0.2, 0) is 16.0 Å². The molecule has 1 fully saturated rings. The number of benzene rings is 2. The molecule has 0 aromatic heterocycles. The summed E-state index contributed by atoms with van der Waals surface area (Å²) < 4.78 is 0. The summed E-state index contributed by atoms with van der Waals surface area (Å²) in [5, 5.41) is 3.06. The van der Waals surface area contributed by atoms with Gasteiger partial charge in [0.15, 0.2) is 0 Å². The van der Waals surface area contributed by atoms with Crippen LogP contribution in [0.4, 0.5) is 5.69 Å². The van der Waals surface area contributed by atoms with Crippen molar-refractivity contribution in [3.8, 4) is 0 Å². The highest BCUT2D eigenvalue weighted by Gasteiger charge is 2.27. The lowest BCUT2D eigenvalue weighted by Gasteiger charge is -2.37. The number of carbonyl (C=O) groups is 2. The molecule has 0 aliphatic carbocycles. The van der Waals surface area contributed by atoms with E-state index in [1.165, 1.54) is 5.56 Å². The van der Waals surface area contributed by atoms with Crippen LogP contribution in [0.5, 0.6) is 0 Å². The van der Waals surface area contributed by atoms with Crippen LogP contribution < -0.4 is 5.32 Å². The molecule has 2 amide bonds. The Morgan fingerprint density at radius 2 is 1.70 bits per heavy atom. The first-order valence-electron chi connectivity index (χ1n) is 10.9. The van der Waals surface area contributed by atoms with Crippen molar-refractivity contribution < 1.29 is 9.59 Å². The second-order valence-electron chi connectivity index (χ2n) is 8.24. The maximum atomic E-state index is 12.7. The molecule has 2 aromatic rings. The van der Waals surface area contributed by atoms with Gasteiger partial charge in [-0.3, -0.25) is 14.5 Å². The molecule has 3 rings (SSSR count). The quantitative estimate of drug-likeness (QED) is 0.760. The van der Waals surface area contributed by atoms with Gasteiger partial charge in [-0.2, -0.15) is 0 Å². The lowest BCUT2D eigenvalue weighted by atomic mass is 10.1. The number of carbonyl (C=O) groups excluding carboxylic acids is 2. The lowest BCUT2D eigenvalue weighted by molar-refractivity contribution is -0.133. The first-order valence-corrected chi connectivity index (χ1v) is 10.9. The first kappa shape index (κ1) is 22.0. The Kier molecular flexibility index (Phi) is 7.63. The van der Waals surface area contributed by atoms with Gasteiger partial charge in [0, 0.05) is 38.3 Å². The zero-order chi connectivity index (χ0) is 21.5. The predicted octanol–water partition coefficient (Wildman–Crippen LogP) is 3.80. The van der Waals surface area contributed by atoms with Gasteiger partial charge < -0.3 is 10.2 Å². The Morgan fingerprint density at radius 3 is 2.40 bits per heavy atom. The highest BCUT2D eigenvalue weighted by molar-refractivity contribution is 5.95. The minimum atomic E-state index is -0.222. The fraction of sp³-hybridized carbons (Fsp3) is 0.440. The van der Waals surface area contributed by atoms with Crippen LogP contribution in [0.3, 0.4) is 0 Å². The molecular formula is C25H33N3O2. The second-order valence-corrected chi connectivity index (χ2v) is 8.24. The SMILES string of the molecule is Cc1ccc(C)c(NC(=O)C(C)N2CCN(C(=O)CCCc3ccccc3)CC2)c1. The number of hydrogen-bond acceptors (Lipinski definition) is 3. The van der Waals surface area contributed by atoms with Crippen molar-refractivity contribution in [2.75, 3.05) is 31.5 Å². The van der Waals surface area contributed by atoms with Crippen LogP contribution in [0.1, 0.15) is 36.5 Å². The number of nitrogens with zero attached hydrogens (tertiary/aromatic N) is 2. The van der Waals surface area contributed by atoms with E-state index in [-0.39, 0.29) is 17.9 Å². The van der Waals surface area contributed by atoms with Gasteiger partial charge in [-0.25, -0.2) is 0 Å². The van der Waals surface area contributed by atoms with Crippen molar-refractivity contribution >= 4 is 17.5 Å². The van der Waals surface area contributed by atoms with Gasteiger partial charge in [-0.05, 0) is 56.4 Å². The molecule has 30 heavy (non-hydrogen) atoms. The number of nitrogens with one attached hydrogen (secondary N) is 1. The summed E-state index contributed by atoms with van der Waals surface area (Å²) in [5.74, 6) is 0.226. The Balaban J connectivity index is 1.43. The summed E-state index contributed by atoms with van der Waals surface area (Å²) >= 11 is 0. The van der Waals surface area contributed by atoms with E-state index in [4.69, 9.17) is 0 Å². The number of anilines is 1. The summed E-state index contributed by atoms with van der Waals surface area (Å²) in [6, 6.07) is 16.1. The number of rotatable bonds is 7. The molecule has 160 valence electrons. The van der Waals surface area contributed by atoms with Crippen LogP contribution in [0.2, 0.25) is 0 Å². The van der Waals surface area contributed by atoms with Crippen molar-refractivity contribution in [1.82, 2.24) is 9.80 Å². The van der Waals surface area contributed by atoms with Crippen molar-refractivity contribution in [3.05, 3.63) is 65.2 Å². The van der Waals surface area contributed by atoms with Crippen LogP contribution in [0, 0.1) is 13.8 Å². The van der Waals surface area contributed by atoms with Gasteiger partial charge in [0.1, 0.15) is 0 Å². The van der Waals surface area contributed by atoms with Crippen LogP contribution in [-0.4, -0.2) is 53.8 Å². The minimum absolute atomic E-state index is 0.00587. The summed E-state index contributed by atoms with van der Waals surface area (Å²) in [6.45, 7) is 8.79. The fourth-order valence-electron chi connectivity index (χ4n) is 3.88. The molecule has 1 atom stereocenters. The Morgan fingerprint density at radius 1 is 1.00 bits per heavy atom. The maximum absolute atomic E-state index is 12.7. The van der Waals surface area contributed by atoms with E-state index in [0.29, 0.717) is 19.5 Å². The highest BCUT2D eigenvalue weighted by Crippen LogP contribution is 2.18. The van der Waals surface area contributed by atoms with Crippen molar-refractivity contribution in [2.24, 2.45) is 0 Å². The molecule has 0 radical (unpaired) electrons. The molecule has 0 spiro atoms. The van der Waals surface area contributed by atoms with E-state index in [9.17, 15) is 9.59 Å². The third-order valence-corrected chi connectivity index (χ3v) is 5.94. The van der Waals surface area contributed by atoms with E-state index < -0.39 is 0 Å². The summed E-state index contributed by atoms with van der Waals surface area (Å²) in [4.78, 5) is 29.4. The molecule has 1 N–H and O–H groups in total. The summed E-state index contributed by atoms with van der Waals surface area (Å²) in [7, 11) is 0. The number of piperazine rings is 1. The predicted molar refractivity (Wildman–Crippen MR) is 122 cm³/mol. The fourth-order valence-corrected chi connectivity index (χ4v) is 3.88. The molecule has 1 saturated heterocycles. The second kappa shape index (κ2) is 10.4. The Bertz CT molecular complexity index is 858. The van der Waals surface area contributed by atoms with Crippen molar-refractivity contribution in [3.63, 3.8) is 0 Å². The van der Waals surface area contributed by atoms with Gasteiger partial charge in [0.25, 0.3) is 0 Å². The molecule has 2 aromatic carbocycles. The molecule has 1 aliphatic rings. The largest absolute Gasteiger partial charge is 0.340 e. The van der Waals surface area contributed by atoms with E-state index in [1.54, 1.807) is 0 Å². The smallest absolute Gasteiger partial charge is 0.241 e. The Labute approximate surface area is 180 Å². The average molecular weight is 408 g/mol. The lowest BCUT2D eigenvalue weighted by Crippen LogP contribution is -2.54. The molecule has 1 unspecified atom stereocenters. The van der Waals surface area contributed by atoms with E-state index in [0.717, 1.165) is 42.7 Å². The van der Waals surface area contributed by atoms with Crippen LogP contribution in [0.25, 0.3) is 0 Å². The number of aryl methyl sites for hydroxylation is 3. The van der Waals surface area contributed by atoms with Crippen molar-refractivity contribution in [1.29, 1.82) is 0 Å². The van der Waals surface area contributed by atoms with Crippen LogP contribution in [0.15, 0.2) is 48.5 Å². The summed E-state index contributed by atoms with van der Waals surface area (Å²) in [5.41, 5.74) is 4.34. The third-order valence-electron chi connectivity index (χ3n) is 5.94. The number of hydrogen-bond donors (Lipinski definition) is 1. The van der Waals surface area contributed by atoms with Crippen LogP contribution >= 0.6 is 0 Å². The molecule has 5 heteroatoms. The number of amides is 2. The molecule has 0 bridgehead atoms. The third kappa shape index (κ3) is 5.92. The van der Waals surface area contributed by atoms with E-state index >= 15 is 0 Å². The zero-order valence-corrected chi connectivity index (χ0v) is 18.4. The Hall–Kier alpha value is -2.66. The average Bonchev–Trinajstić information content (AvgIpc) is 2.76. The topological polar surface area (TPSA) is 52.7 Å². The van der Waals surface area contributed by atoms with E-state index in [1.807, 2.05) is 62.1 Å². The molecule has 5 nitrogen and oxygen atoms in total. The molecule has 1 aliphatic heterocycles. The zero-order valence-electron chi connectivity index (χ0n) is 18.4. The van der Waals surface area contributed by atoms with Gasteiger partial charge in [0.05, 0.1) is 6.04 Å².